The van der Waals surface area contributed by atoms with Gasteiger partial charge in [-0.1, -0.05) is 72.9 Å². The molecular weight excluding hydrogens is 179 g/mol. The molecule has 0 aromatic heterocycles. The molecule has 0 aromatic rings. The SMILES string of the molecule is CC(C[B]C(C)(C)C(C)C)CC(C)(C)C. The van der Waals surface area contributed by atoms with Crippen LogP contribution in [0.25, 0.3) is 0 Å². The molecule has 0 saturated carbocycles. The molecule has 0 nitrogen and oxygen atoms in total. The fourth-order valence-electron chi connectivity index (χ4n) is 1.87. The molecule has 0 N–H and O–H groups in total. The molecule has 0 fully saturated rings. The summed E-state index contributed by atoms with van der Waals surface area (Å²) in [5, 5.41) is 0.381. The van der Waals surface area contributed by atoms with E-state index < -0.39 is 0 Å². The maximum Gasteiger partial charge on any atom is 0.117 e. The Morgan fingerprint density at radius 1 is 0.933 bits per heavy atom. The number of rotatable bonds is 5. The molecule has 1 heteroatoms. The lowest BCUT2D eigenvalue weighted by Gasteiger charge is -2.31. The predicted molar refractivity (Wildman–Crippen MR) is 72.7 cm³/mol. The van der Waals surface area contributed by atoms with Gasteiger partial charge in [0.2, 0.25) is 0 Å². The van der Waals surface area contributed by atoms with Crippen LogP contribution < -0.4 is 0 Å². The van der Waals surface area contributed by atoms with Gasteiger partial charge in [0.1, 0.15) is 7.28 Å². The van der Waals surface area contributed by atoms with Gasteiger partial charge < -0.3 is 0 Å². The molecule has 0 amide bonds. The van der Waals surface area contributed by atoms with Crippen molar-refractivity contribution in [3.63, 3.8) is 0 Å². The Balaban J connectivity index is 3.96. The van der Waals surface area contributed by atoms with Crippen molar-refractivity contribution in [3.05, 3.63) is 0 Å². The molecule has 0 heterocycles. The molecule has 0 aliphatic heterocycles. The van der Waals surface area contributed by atoms with Crippen molar-refractivity contribution in [2.75, 3.05) is 0 Å². The van der Waals surface area contributed by atoms with E-state index in [1.807, 2.05) is 0 Å². The Kier molecular flexibility index (Phi) is 5.43. The van der Waals surface area contributed by atoms with Crippen LogP contribution in [-0.2, 0) is 0 Å². The second-order valence-corrected chi connectivity index (χ2v) is 7.29. The lowest BCUT2D eigenvalue weighted by atomic mass is 9.46. The van der Waals surface area contributed by atoms with Crippen molar-refractivity contribution in [2.45, 2.75) is 73.4 Å². The quantitative estimate of drug-likeness (QED) is 0.556. The summed E-state index contributed by atoms with van der Waals surface area (Å²) >= 11 is 0. The van der Waals surface area contributed by atoms with Gasteiger partial charge in [-0.15, -0.1) is 0 Å². The van der Waals surface area contributed by atoms with Gasteiger partial charge in [0, 0.05) is 0 Å². The van der Waals surface area contributed by atoms with Crippen LogP contribution in [0.5, 0.6) is 0 Å². The van der Waals surface area contributed by atoms with Gasteiger partial charge in [0.05, 0.1) is 0 Å². The van der Waals surface area contributed by atoms with Gasteiger partial charge in [-0.25, -0.2) is 0 Å². The van der Waals surface area contributed by atoms with E-state index in [4.69, 9.17) is 0 Å². The summed E-state index contributed by atoms with van der Waals surface area (Å²) in [5.74, 6) is 1.54. The minimum Gasteiger partial charge on any atom is -0.0771 e. The summed E-state index contributed by atoms with van der Waals surface area (Å²) in [7, 11) is 2.52. The zero-order valence-corrected chi connectivity index (χ0v) is 12.1. The van der Waals surface area contributed by atoms with Crippen molar-refractivity contribution < 1.29 is 0 Å². The van der Waals surface area contributed by atoms with Crippen LogP contribution >= 0.6 is 0 Å². The van der Waals surface area contributed by atoms with Crippen molar-refractivity contribution in [1.29, 1.82) is 0 Å². The van der Waals surface area contributed by atoms with E-state index in [1.54, 1.807) is 0 Å². The first-order valence-electron chi connectivity index (χ1n) is 6.39. The van der Waals surface area contributed by atoms with Crippen LogP contribution in [0, 0.1) is 17.3 Å². The van der Waals surface area contributed by atoms with Gasteiger partial charge in [0.15, 0.2) is 0 Å². The first-order valence-corrected chi connectivity index (χ1v) is 6.39. The lowest BCUT2D eigenvalue weighted by Crippen LogP contribution is -2.22. The Bertz CT molecular complexity index is 174. The van der Waals surface area contributed by atoms with Crippen molar-refractivity contribution in [1.82, 2.24) is 0 Å². The van der Waals surface area contributed by atoms with Gasteiger partial charge in [-0.05, 0) is 17.8 Å². The van der Waals surface area contributed by atoms with Gasteiger partial charge >= 0.3 is 0 Å². The van der Waals surface area contributed by atoms with Crippen LogP contribution in [0.2, 0.25) is 11.6 Å². The van der Waals surface area contributed by atoms with E-state index in [-0.39, 0.29) is 0 Å². The highest BCUT2D eigenvalue weighted by Crippen LogP contribution is 2.36. The van der Waals surface area contributed by atoms with E-state index in [0.29, 0.717) is 10.7 Å². The first kappa shape index (κ1) is 15.1. The summed E-state index contributed by atoms with van der Waals surface area (Å²) in [5.41, 5.74) is 0.467. The average Bonchev–Trinajstić information content (AvgIpc) is 1.97. The van der Waals surface area contributed by atoms with Crippen LogP contribution in [-0.4, -0.2) is 7.28 Å². The van der Waals surface area contributed by atoms with Crippen LogP contribution in [0.3, 0.4) is 0 Å². The highest BCUT2D eigenvalue weighted by atomic mass is 14.2. The van der Waals surface area contributed by atoms with E-state index >= 15 is 0 Å². The van der Waals surface area contributed by atoms with Gasteiger partial charge in [0.25, 0.3) is 0 Å². The fraction of sp³-hybridized carbons (Fsp3) is 1.00. The summed E-state index contributed by atoms with van der Waals surface area (Å²) in [6.45, 7) is 18.7. The second kappa shape index (κ2) is 5.41. The molecule has 1 radical (unpaired) electrons. The molecule has 0 aliphatic carbocycles. The van der Waals surface area contributed by atoms with E-state index in [2.05, 4.69) is 62.7 Å². The van der Waals surface area contributed by atoms with E-state index in [9.17, 15) is 0 Å². The fourth-order valence-corrected chi connectivity index (χ4v) is 1.87. The smallest absolute Gasteiger partial charge is 0.0771 e. The van der Waals surface area contributed by atoms with Crippen LogP contribution in [0.15, 0.2) is 0 Å². The minimum atomic E-state index is 0.381. The highest BCUT2D eigenvalue weighted by molar-refractivity contribution is 6.39. The molecule has 0 aliphatic rings. The summed E-state index contributed by atoms with van der Waals surface area (Å²) in [6, 6.07) is 0. The highest BCUT2D eigenvalue weighted by Gasteiger charge is 2.24. The van der Waals surface area contributed by atoms with Crippen LogP contribution in [0.4, 0.5) is 0 Å². The van der Waals surface area contributed by atoms with Gasteiger partial charge in [-0.3, -0.25) is 0 Å². The Morgan fingerprint density at radius 3 is 1.73 bits per heavy atom. The third-order valence-corrected chi connectivity index (χ3v) is 3.50. The third kappa shape index (κ3) is 7.03. The third-order valence-electron chi connectivity index (χ3n) is 3.50. The maximum atomic E-state index is 2.52. The molecule has 0 bridgehead atoms. The maximum absolute atomic E-state index is 2.52. The predicted octanol–water partition coefficient (Wildman–Crippen LogP) is 5.04. The zero-order valence-electron chi connectivity index (χ0n) is 12.1. The molecule has 15 heavy (non-hydrogen) atoms. The lowest BCUT2D eigenvalue weighted by molar-refractivity contribution is 0.318. The first-order chi connectivity index (χ1) is 6.54. The molecular formula is C14H30B. The molecule has 1 unspecified atom stereocenters. The molecule has 89 valence electrons. The molecule has 0 aromatic carbocycles. The van der Waals surface area contributed by atoms with E-state index in [0.717, 1.165) is 11.8 Å². The normalized spacial score (nSPS) is 15.5. The Morgan fingerprint density at radius 2 is 1.40 bits per heavy atom. The summed E-state index contributed by atoms with van der Waals surface area (Å²) < 4.78 is 0. The van der Waals surface area contributed by atoms with Gasteiger partial charge in [-0.2, -0.15) is 0 Å². The molecule has 0 rings (SSSR count). The Hall–Kier alpha value is 0.0649. The number of hydrogen-bond donors (Lipinski definition) is 0. The topological polar surface area (TPSA) is 0 Å². The minimum absolute atomic E-state index is 0.381. The summed E-state index contributed by atoms with van der Waals surface area (Å²) in [4.78, 5) is 0. The zero-order chi connectivity index (χ0) is 12.3. The number of hydrogen-bond acceptors (Lipinski definition) is 0. The molecule has 0 saturated heterocycles. The summed E-state index contributed by atoms with van der Waals surface area (Å²) in [6.07, 6.45) is 2.57. The van der Waals surface area contributed by atoms with Crippen LogP contribution in [0.1, 0.15) is 61.8 Å². The van der Waals surface area contributed by atoms with Crippen molar-refractivity contribution >= 4 is 7.28 Å². The standard InChI is InChI=1S/C14H30B/c1-11(2)14(7,8)15-10-12(3)9-13(4,5)6/h11-12H,9-10H2,1-8H3. The van der Waals surface area contributed by atoms with Crippen molar-refractivity contribution in [2.24, 2.45) is 17.3 Å². The monoisotopic (exact) mass is 209 g/mol. The second-order valence-electron chi connectivity index (χ2n) is 7.29. The molecule has 0 spiro atoms. The largest absolute Gasteiger partial charge is 0.117 e. The van der Waals surface area contributed by atoms with E-state index in [1.165, 1.54) is 12.7 Å². The molecule has 1 atom stereocenters. The van der Waals surface area contributed by atoms with Crippen molar-refractivity contribution in [3.8, 4) is 0 Å². The average molecular weight is 209 g/mol. The Labute approximate surface area is 98.5 Å².